The van der Waals surface area contributed by atoms with Gasteiger partial charge in [-0.1, -0.05) is 19.4 Å². The van der Waals surface area contributed by atoms with Crippen molar-refractivity contribution in [2.24, 2.45) is 0 Å². The highest BCUT2D eigenvalue weighted by molar-refractivity contribution is 6.03. The average Bonchev–Trinajstić information content (AvgIpc) is 2.82. The Morgan fingerprint density at radius 2 is 2.10 bits per heavy atom. The van der Waals surface area contributed by atoms with E-state index in [0.29, 0.717) is 12.0 Å². The second kappa shape index (κ2) is 6.23. The molecule has 0 fully saturated rings. The Balaban J connectivity index is 2.17. The SMILES string of the molecule is CCCCOC(=O)Cn1ccc2c(C(=O)O)cccc21. The van der Waals surface area contributed by atoms with Crippen molar-refractivity contribution < 1.29 is 19.4 Å². The summed E-state index contributed by atoms with van der Waals surface area (Å²) in [6, 6.07) is 6.72. The summed E-state index contributed by atoms with van der Waals surface area (Å²) in [5.74, 6) is -1.28. The first kappa shape index (κ1) is 14.1. The number of carbonyl (C=O) groups excluding carboxylic acids is 1. The van der Waals surface area contributed by atoms with Crippen LogP contribution in [-0.4, -0.2) is 28.2 Å². The zero-order valence-electron chi connectivity index (χ0n) is 11.3. The topological polar surface area (TPSA) is 68.5 Å². The lowest BCUT2D eigenvalue weighted by Crippen LogP contribution is -2.13. The van der Waals surface area contributed by atoms with Crippen LogP contribution in [0.5, 0.6) is 0 Å². The predicted octanol–water partition coefficient (Wildman–Crippen LogP) is 2.68. The van der Waals surface area contributed by atoms with Crippen LogP contribution in [0.4, 0.5) is 0 Å². The molecule has 0 aliphatic heterocycles. The number of benzene rings is 1. The van der Waals surface area contributed by atoms with Gasteiger partial charge in [0, 0.05) is 17.1 Å². The van der Waals surface area contributed by atoms with Crippen molar-refractivity contribution in [1.29, 1.82) is 0 Å². The molecule has 0 saturated carbocycles. The third kappa shape index (κ3) is 2.99. The average molecular weight is 275 g/mol. The minimum atomic E-state index is -0.973. The molecule has 5 heteroatoms. The molecule has 0 spiro atoms. The van der Waals surface area contributed by atoms with Crippen molar-refractivity contribution in [3.05, 3.63) is 36.0 Å². The highest BCUT2D eigenvalue weighted by atomic mass is 16.5. The number of ether oxygens (including phenoxy) is 1. The Morgan fingerprint density at radius 3 is 2.80 bits per heavy atom. The van der Waals surface area contributed by atoms with Gasteiger partial charge in [0.05, 0.1) is 12.2 Å². The Kier molecular flexibility index (Phi) is 4.40. The van der Waals surface area contributed by atoms with Crippen molar-refractivity contribution in [2.45, 2.75) is 26.3 Å². The van der Waals surface area contributed by atoms with Crippen molar-refractivity contribution in [2.75, 3.05) is 6.61 Å². The summed E-state index contributed by atoms with van der Waals surface area (Å²) in [7, 11) is 0. The zero-order chi connectivity index (χ0) is 14.5. The van der Waals surface area contributed by atoms with Gasteiger partial charge < -0.3 is 14.4 Å². The van der Waals surface area contributed by atoms with Crippen LogP contribution in [0, 0.1) is 0 Å². The maximum absolute atomic E-state index is 11.7. The zero-order valence-corrected chi connectivity index (χ0v) is 11.3. The second-order valence-electron chi connectivity index (χ2n) is 4.56. The van der Waals surface area contributed by atoms with E-state index in [-0.39, 0.29) is 18.1 Å². The van der Waals surface area contributed by atoms with E-state index in [4.69, 9.17) is 9.84 Å². The minimum absolute atomic E-state index is 0.0935. The molecule has 0 bridgehead atoms. The van der Waals surface area contributed by atoms with Gasteiger partial charge in [-0.2, -0.15) is 0 Å². The summed E-state index contributed by atoms with van der Waals surface area (Å²) in [6.45, 7) is 2.55. The molecule has 0 unspecified atom stereocenters. The summed E-state index contributed by atoms with van der Waals surface area (Å²) in [5, 5.41) is 9.74. The fourth-order valence-electron chi connectivity index (χ4n) is 2.06. The number of hydrogen-bond acceptors (Lipinski definition) is 3. The molecule has 2 rings (SSSR count). The minimum Gasteiger partial charge on any atom is -0.478 e. The van der Waals surface area contributed by atoms with E-state index in [0.717, 1.165) is 18.4 Å². The van der Waals surface area contributed by atoms with Gasteiger partial charge in [0.2, 0.25) is 0 Å². The number of carboxylic acids is 1. The smallest absolute Gasteiger partial charge is 0.336 e. The predicted molar refractivity (Wildman–Crippen MR) is 74.8 cm³/mol. The highest BCUT2D eigenvalue weighted by Crippen LogP contribution is 2.20. The van der Waals surface area contributed by atoms with E-state index in [1.165, 1.54) is 0 Å². The molecule has 1 heterocycles. The summed E-state index contributed by atoms with van der Waals surface area (Å²) in [5.41, 5.74) is 0.956. The molecule has 0 atom stereocenters. The van der Waals surface area contributed by atoms with Gasteiger partial charge in [0.25, 0.3) is 0 Å². The number of fused-ring (bicyclic) bond motifs is 1. The van der Waals surface area contributed by atoms with E-state index < -0.39 is 5.97 Å². The van der Waals surface area contributed by atoms with Crippen molar-refractivity contribution in [1.82, 2.24) is 4.57 Å². The van der Waals surface area contributed by atoms with Crippen molar-refractivity contribution >= 4 is 22.8 Å². The lowest BCUT2D eigenvalue weighted by molar-refractivity contribution is -0.144. The maximum atomic E-state index is 11.7. The monoisotopic (exact) mass is 275 g/mol. The molecule has 5 nitrogen and oxygen atoms in total. The number of aromatic nitrogens is 1. The van der Waals surface area contributed by atoms with Crippen LogP contribution in [0.15, 0.2) is 30.5 Å². The molecule has 0 radical (unpaired) electrons. The molecule has 1 N–H and O–H groups in total. The third-order valence-corrected chi connectivity index (χ3v) is 3.10. The molecule has 0 saturated heterocycles. The van der Waals surface area contributed by atoms with Gasteiger partial charge in [0.15, 0.2) is 0 Å². The summed E-state index contributed by atoms with van der Waals surface area (Å²) >= 11 is 0. The Hall–Kier alpha value is -2.30. The van der Waals surface area contributed by atoms with Gasteiger partial charge in [-0.05, 0) is 24.6 Å². The second-order valence-corrected chi connectivity index (χ2v) is 4.56. The van der Waals surface area contributed by atoms with Crippen molar-refractivity contribution in [3.8, 4) is 0 Å². The summed E-state index contributed by atoms with van der Waals surface area (Å²) in [4.78, 5) is 22.8. The standard InChI is InChI=1S/C15H17NO4/c1-2-3-9-20-14(17)10-16-8-7-11-12(15(18)19)5-4-6-13(11)16/h4-8H,2-3,9-10H2,1H3,(H,18,19). The molecular formula is C15H17NO4. The summed E-state index contributed by atoms with van der Waals surface area (Å²) < 4.78 is 6.81. The normalized spacial score (nSPS) is 10.7. The van der Waals surface area contributed by atoms with Crippen LogP contribution in [0.1, 0.15) is 30.1 Å². The number of carboxylic acid groups (broad SMARTS) is 1. The van der Waals surface area contributed by atoms with Crippen LogP contribution in [0.2, 0.25) is 0 Å². The number of rotatable bonds is 6. The maximum Gasteiger partial charge on any atom is 0.336 e. The lowest BCUT2D eigenvalue weighted by Gasteiger charge is -2.06. The number of carbonyl (C=O) groups is 2. The van der Waals surface area contributed by atoms with Crippen LogP contribution in [0.25, 0.3) is 10.9 Å². The molecule has 20 heavy (non-hydrogen) atoms. The van der Waals surface area contributed by atoms with Crippen molar-refractivity contribution in [3.63, 3.8) is 0 Å². The molecular weight excluding hydrogens is 258 g/mol. The lowest BCUT2D eigenvalue weighted by atomic mass is 10.1. The molecule has 1 aromatic heterocycles. The van der Waals surface area contributed by atoms with E-state index in [9.17, 15) is 9.59 Å². The van der Waals surface area contributed by atoms with Gasteiger partial charge in [-0.15, -0.1) is 0 Å². The van der Waals surface area contributed by atoms with Gasteiger partial charge in [-0.3, -0.25) is 4.79 Å². The van der Waals surface area contributed by atoms with Crippen LogP contribution in [0.3, 0.4) is 0 Å². The number of esters is 1. The first-order valence-electron chi connectivity index (χ1n) is 6.60. The van der Waals surface area contributed by atoms with Crippen LogP contribution < -0.4 is 0 Å². The first-order chi connectivity index (χ1) is 9.63. The molecule has 2 aromatic rings. The van der Waals surface area contributed by atoms with Crippen LogP contribution in [-0.2, 0) is 16.1 Å². The van der Waals surface area contributed by atoms with E-state index in [1.807, 2.05) is 6.92 Å². The highest BCUT2D eigenvalue weighted by Gasteiger charge is 2.12. The van der Waals surface area contributed by atoms with Gasteiger partial charge in [0.1, 0.15) is 6.54 Å². The summed E-state index contributed by atoms with van der Waals surface area (Å²) in [6.07, 6.45) is 3.53. The van der Waals surface area contributed by atoms with E-state index in [2.05, 4.69) is 0 Å². The Labute approximate surface area is 116 Å². The van der Waals surface area contributed by atoms with Gasteiger partial charge >= 0.3 is 11.9 Å². The number of unbranched alkanes of at least 4 members (excludes halogenated alkanes) is 1. The number of nitrogens with zero attached hydrogens (tertiary/aromatic N) is 1. The Morgan fingerprint density at radius 1 is 1.30 bits per heavy atom. The number of hydrogen-bond donors (Lipinski definition) is 1. The quantitative estimate of drug-likeness (QED) is 0.650. The van der Waals surface area contributed by atoms with E-state index >= 15 is 0 Å². The molecule has 0 amide bonds. The fraction of sp³-hybridized carbons (Fsp3) is 0.333. The largest absolute Gasteiger partial charge is 0.478 e. The fourth-order valence-corrected chi connectivity index (χ4v) is 2.06. The molecule has 1 aromatic carbocycles. The Bertz CT molecular complexity index is 630. The molecule has 0 aliphatic rings. The van der Waals surface area contributed by atoms with Crippen LogP contribution >= 0.6 is 0 Å². The molecule has 106 valence electrons. The third-order valence-electron chi connectivity index (χ3n) is 3.10. The van der Waals surface area contributed by atoms with E-state index in [1.54, 1.807) is 35.0 Å². The van der Waals surface area contributed by atoms with Gasteiger partial charge in [-0.25, -0.2) is 4.79 Å². The molecule has 0 aliphatic carbocycles. The first-order valence-corrected chi connectivity index (χ1v) is 6.60. The number of aromatic carboxylic acids is 1.